The number of Topliss-reactive ketones (excluding diaryl/α,β-unsaturated/α-hetero) is 1. The number of methoxy groups -OCH3 is 3. The minimum Gasteiger partial charge on any atom is -0.497 e. The molecule has 0 radical (unpaired) electrons. The van der Waals surface area contributed by atoms with Crippen LogP contribution in [0.4, 0.5) is 0 Å². The van der Waals surface area contributed by atoms with Crippen molar-refractivity contribution in [2.75, 3.05) is 27.9 Å². The molecule has 3 heterocycles. The number of nitrogens with zero attached hydrogens (tertiary/aromatic N) is 1. The molecule has 2 aromatic heterocycles. The maximum atomic E-state index is 14.4. The molecule has 188 valence electrons. The number of benzene rings is 3. The van der Waals surface area contributed by atoms with E-state index in [0.29, 0.717) is 12.1 Å². The molecule has 1 atom stereocenters. The van der Waals surface area contributed by atoms with Gasteiger partial charge in [-0.15, -0.1) is 0 Å². The summed E-state index contributed by atoms with van der Waals surface area (Å²) in [5, 5.41) is 1.97. The predicted molar refractivity (Wildman–Crippen MR) is 144 cm³/mol. The highest BCUT2D eigenvalue weighted by atomic mass is 16.5. The second-order valence-corrected chi connectivity index (χ2v) is 9.38. The number of H-pyrrole nitrogens is 2. The van der Waals surface area contributed by atoms with E-state index in [1.54, 1.807) is 21.3 Å². The van der Waals surface area contributed by atoms with Gasteiger partial charge in [0, 0.05) is 52.3 Å². The third-order valence-electron chi connectivity index (χ3n) is 7.38. The van der Waals surface area contributed by atoms with Gasteiger partial charge in [0.25, 0.3) is 0 Å². The van der Waals surface area contributed by atoms with Crippen LogP contribution in [0.1, 0.15) is 33.2 Å². The number of hydrogen-bond donors (Lipinski definition) is 2. The Labute approximate surface area is 215 Å². The molecule has 37 heavy (non-hydrogen) atoms. The molecule has 1 aliphatic heterocycles. The molecule has 3 aromatic carbocycles. The van der Waals surface area contributed by atoms with Crippen LogP contribution < -0.4 is 14.2 Å². The molecule has 6 rings (SSSR count). The Hall–Kier alpha value is -4.23. The molecular formula is C30H29N3O4. The van der Waals surface area contributed by atoms with Crippen molar-refractivity contribution >= 4 is 27.6 Å². The molecule has 0 saturated heterocycles. The van der Waals surface area contributed by atoms with Gasteiger partial charge in [0.1, 0.15) is 23.3 Å². The van der Waals surface area contributed by atoms with Gasteiger partial charge in [0.2, 0.25) is 0 Å². The molecule has 2 N–H and O–H groups in total. The lowest BCUT2D eigenvalue weighted by Crippen LogP contribution is -2.39. The van der Waals surface area contributed by atoms with Gasteiger partial charge in [0.05, 0.1) is 21.3 Å². The lowest BCUT2D eigenvalue weighted by atomic mass is 9.91. The van der Waals surface area contributed by atoms with Crippen LogP contribution in [0.3, 0.4) is 0 Å². The number of hydrogen-bond acceptors (Lipinski definition) is 5. The van der Waals surface area contributed by atoms with Crippen LogP contribution in [0.5, 0.6) is 17.2 Å². The average Bonchev–Trinajstić information content (AvgIpc) is 3.53. The topological polar surface area (TPSA) is 79.6 Å². The summed E-state index contributed by atoms with van der Waals surface area (Å²) in [5.74, 6) is 2.39. The molecule has 0 fully saturated rings. The second kappa shape index (κ2) is 9.33. The molecule has 1 unspecified atom stereocenters. The van der Waals surface area contributed by atoms with Crippen LogP contribution in [0, 0.1) is 0 Å². The number of ketones is 1. The van der Waals surface area contributed by atoms with Crippen molar-refractivity contribution in [3.63, 3.8) is 0 Å². The lowest BCUT2D eigenvalue weighted by Gasteiger charge is -2.35. The number of aromatic amines is 2. The van der Waals surface area contributed by atoms with Crippen molar-refractivity contribution in [1.29, 1.82) is 0 Å². The van der Waals surface area contributed by atoms with Gasteiger partial charge in [-0.05, 0) is 66.1 Å². The quantitative estimate of drug-likeness (QED) is 0.285. The van der Waals surface area contributed by atoms with E-state index in [4.69, 9.17) is 14.2 Å². The first-order chi connectivity index (χ1) is 18.1. The number of aromatic nitrogens is 2. The fourth-order valence-corrected chi connectivity index (χ4v) is 5.46. The molecular weight excluding hydrogens is 466 g/mol. The molecule has 0 aliphatic carbocycles. The summed E-state index contributed by atoms with van der Waals surface area (Å²) in [7, 11) is 4.98. The SMILES string of the molecule is COc1ccc(CN2CCc3c([nH]c4ccc(OC)cc34)C2C(=O)c2c[nH]c3ccc(OC)cc23)cc1. The average molecular weight is 496 g/mol. The Kier molecular flexibility index (Phi) is 5.85. The van der Waals surface area contributed by atoms with Crippen molar-refractivity contribution in [3.8, 4) is 17.2 Å². The van der Waals surface area contributed by atoms with Gasteiger partial charge in [0.15, 0.2) is 5.78 Å². The lowest BCUT2D eigenvalue weighted by molar-refractivity contribution is 0.0783. The van der Waals surface area contributed by atoms with Crippen LogP contribution >= 0.6 is 0 Å². The van der Waals surface area contributed by atoms with Crippen LogP contribution in [-0.4, -0.2) is 48.5 Å². The van der Waals surface area contributed by atoms with E-state index in [0.717, 1.165) is 63.3 Å². The Bertz CT molecular complexity index is 1600. The van der Waals surface area contributed by atoms with Crippen LogP contribution in [-0.2, 0) is 13.0 Å². The standard InChI is InChI=1S/C30H29N3O4/c1-35-19-6-4-18(5-7-19)17-33-13-12-22-23-14-21(37-3)9-11-27(23)32-28(22)29(33)30(34)25-16-31-26-10-8-20(36-2)15-24(25)26/h4-11,14-16,29,31-32H,12-13,17H2,1-3H3. The molecule has 5 aromatic rings. The van der Waals surface area contributed by atoms with Gasteiger partial charge < -0.3 is 24.2 Å². The minimum atomic E-state index is -0.463. The third-order valence-corrected chi connectivity index (χ3v) is 7.38. The van der Waals surface area contributed by atoms with Crippen LogP contribution in [0.2, 0.25) is 0 Å². The zero-order chi connectivity index (χ0) is 25.5. The first kappa shape index (κ1) is 23.2. The summed E-state index contributed by atoms with van der Waals surface area (Å²) in [4.78, 5) is 23.5. The molecule has 0 amide bonds. The first-order valence-corrected chi connectivity index (χ1v) is 12.3. The summed E-state index contributed by atoms with van der Waals surface area (Å²) < 4.78 is 16.3. The Morgan fingerprint density at radius 3 is 2.22 bits per heavy atom. The van der Waals surface area contributed by atoms with Crippen molar-refractivity contribution in [2.45, 2.75) is 19.0 Å². The number of ether oxygens (including phenoxy) is 3. The van der Waals surface area contributed by atoms with Crippen molar-refractivity contribution in [1.82, 2.24) is 14.9 Å². The highest BCUT2D eigenvalue weighted by Crippen LogP contribution is 2.39. The second-order valence-electron chi connectivity index (χ2n) is 9.38. The predicted octanol–water partition coefficient (Wildman–Crippen LogP) is 5.66. The number of fused-ring (bicyclic) bond motifs is 4. The van der Waals surface area contributed by atoms with E-state index in [1.807, 2.05) is 48.7 Å². The fourth-order valence-electron chi connectivity index (χ4n) is 5.46. The van der Waals surface area contributed by atoms with E-state index in [2.05, 4.69) is 33.1 Å². The Morgan fingerprint density at radius 1 is 0.865 bits per heavy atom. The Morgan fingerprint density at radius 2 is 1.51 bits per heavy atom. The monoisotopic (exact) mass is 495 g/mol. The highest BCUT2D eigenvalue weighted by molar-refractivity contribution is 6.11. The largest absolute Gasteiger partial charge is 0.497 e. The number of rotatable bonds is 7. The molecule has 7 heteroatoms. The highest BCUT2D eigenvalue weighted by Gasteiger charge is 2.37. The van der Waals surface area contributed by atoms with Crippen LogP contribution in [0.25, 0.3) is 21.8 Å². The van der Waals surface area contributed by atoms with Gasteiger partial charge in [-0.25, -0.2) is 0 Å². The normalized spacial score (nSPS) is 15.6. The molecule has 1 aliphatic rings. The summed E-state index contributed by atoms with van der Waals surface area (Å²) >= 11 is 0. The van der Waals surface area contributed by atoms with E-state index < -0.39 is 6.04 Å². The maximum Gasteiger partial charge on any atom is 0.188 e. The van der Waals surface area contributed by atoms with Crippen molar-refractivity contribution in [2.24, 2.45) is 0 Å². The summed E-state index contributed by atoms with van der Waals surface area (Å²) in [5.41, 5.74) is 5.82. The van der Waals surface area contributed by atoms with E-state index in [1.165, 1.54) is 5.56 Å². The first-order valence-electron chi connectivity index (χ1n) is 12.3. The number of carbonyl (C=O) groups is 1. The molecule has 7 nitrogen and oxygen atoms in total. The fraction of sp³-hybridized carbons (Fsp3) is 0.233. The van der Waals surface area contributed by atoms with Gasteiger partial charge in [-0.2, -0.15) is 0 Å². The van der Waals surface area contributed by atoms with Gasteiger partial charge >= 0.3 is 0 Å². The summed E-state index contributed by atoms with van der Waals surface area (Å²) in [6.45, 7) is 1.40. The zero-order valence-electron chi connectivity index (χ0n) is 21.1. The van der Waals surface area contributed by atoms with Crippen molar-refractivity contribution in [3.05, 3.63) is 89.2 Å². The minimum absolute atomic E-state index is 0.0486. The van der Waals surface area contributed by atoms with Gasteiger partial charge in [-0.3, -0.25) is 9.69 Å². The summed E-state index contributed by atoms with van der Waals surface area (Å²) in [6, 6.07) is 19.4. The maximum absolute atomic E-state index is 14.4. The third kappa shape index (κ3) is 4.01. The van der Waals surface area contributed by atoms with Crippen molar-refractivity contribution < 1.29 is 19.0 Å². The smallest absolute Gasteiger partial charge is 0.188 e. The van der Waals surface area contributed by atoms with E-state index in [-0.39, 0.29) is 5.78 Å². The van der Waals surface area contributed by atoms with E-state index in [9.17, 15) is 4.79 Å². The number of carbonyl (C=O) groups excluding carboxylic acids is 1. The Balaban J connectivity index is 1.46. The number of nitrogens with one attached hydrogen (secondary N) is 2. The zero-order valence-corrected chi connectivity index (χ0v) is 21.1. The molecule has 0 saturated carbocycles. The molecule has 0 bridgehead atoms. The van der Waals surface area contributed by atoms with Crippen LogP contribution in [0.15, 0.2) is 66.9 Å². The summed E-state index contributed by atoms with van der Waals surface area (Å²) in [6.07, 6.45) is 2.65. The van der Waals surface area contributed by atoms with E-state index >= 15 is 0 Å². The molecule has 0 spiro atoms. The van der Waals surface area contributed by atoms with Gasteiger partial charge in [-0.1, -0.05) is 12.1 Å².